The van der Waals surface area contributed by atoms with Crippen molar-refractivity contribution in [3.8, 4) is 22.9 Å². The first-order valence-electron chi connectivity index (χ1n) is 16.0. The Morgan fingerprint density at radius 1 is 1.00 bits per heavy atom. The maximum Gasteiger partial charge on any atom is 0.410 e. The van der Waals surface area contributed by atoms with Gasteiger partial charge in [-0.05, 0) is 100 Å². The van der Waals surface area contributed by atoms with Gasteiger partial charge in [0.15, 0.2) is 0 Å². The normalized spacial score (nSPS) is 20.3. The molecule has 0 spiro atoms. The number of aromatic nitrogens is 3. The van der Waals surface area contributed by atoms with E-state index in [-0.39, 0.29) is 18.2 Å². The predicted molar refractivity (Wildman–Crippen MR) is 176 cm³/mol. The first-order chi connectivity index (χ1) is 21.6. The van der Waals surface area contributed by atoms with E-state index in [0.29, 0.717) is 36.5 Å². The molecule has 9 heteroatoms. The molecule has 9 nitrogen and oxygen atoms in total. The average molecular weight is 610 g/mol. The lowest BCUT2D eigenvalue weighted by atomic mass is 9.92. The van der Waals surface area contributed by atoms with E-state index >= 15 is 0 Å². The Kier molecular flexibility index (Phi) is 8.90. The van der Waals surface area contributed by atoms with Crippen LogP contribution < -0.4 is 10.1 Å². The number of likely N-dealkylation sites (tertiary alicyclic amines) is 1. The van der Waals surface area contributed by atoms with Crippen molar-refractivity contribution in [1.29, 1.82) is 0 Å². The van der Waals surface area contributed by atoms with Crippen molar-refractivity contribution in [1.82, 2.24) is 19.9 Å². The Morgan fingerprint density at radius 2 is 1.87 bits per heavy atom. The van der Waals surface area contributed by atoms with Gasteiger partial charge in [0, 0.05) is 36.9 Å². The van der Waals surface area contributed by atoms with Gasteiger partial charge in [0.1, 0.15) is 11.4 Å². The first-order valence-corrected chi connectivity index (χ1v) is 16.0. The molecule has 0 bridgehead atoms. The monoisotopic (exact) mass is 609 g/mol. The first kappa shape index (κ1) is 30.8. The molecule has 0 radical (unpaired) electrons. The molecule has 1 aliphatic carbocycles. The van der Waals surface area contributed by atoms with Crippen LogP contribution in [0.3, 0.4) is 0 Å². The van der Waals surface area contributed by atoms with Crippen molar-refractivity contribution < 1.29 is 19.4 Å². The number of aliphatic hydroxyl groups excluding tert-OH is 1. The minimum Gasteiger partial charge on any atom is -0.444 e. The number of amides is 1. The number of nitrogens with zero attached hydrogens (tertiary/aromatic N) is 4. The van der Waals surface area contributed by atoms with Gasteiger partial charge >= 0.3 is 6.09 Å². The number of carbonyl (C=O) groups excluding carboxylic acids is 1. The van der Waals surface area contributed by atoms with Gasteiger partial charge in [-0.25, -0.2) is 19.7 Å². The Hall–Kier alpha value is -4.24. The summed E-state index contributed by atoms with van der Waals surface area (Å²) in [4.78, 5) is 28.3. The average Bonchev–Trinajstić information content (AvgIpc) is 3.42. The molecule has 1 amide bonds. The highest BCUT2D eigenvalue weighted by Gasteiger charge is 2.29. The molecule has 2 aromatic carbocycles. The van der Waals surface area contributed by atoms with Crippen molar-refractivity contribution in [2.75, 3.05) is 18.4 Å². The van der Waals surface area contributed by atoms with Gasteiger partial charge in [0.25, 0.3) is 0 Å². The summed E-state index contributed by atoms with van der Waals surface area (Å²) in [5, 5.41) is 16.1. The van der Waals surface area contributed by atoms with Gasteiger partial charge in [0.05, 0.1) is 17.4 Å². The van der Waals surface area contributed by atoms with Crippen LogP contribution in [-0.2, 0) is 11.2 Å². The van der Waals surface area contributed by atoms with Crippen LogP contribution in [0.2, 0.25) is 0 Å². The summed E-state index contributed by atoms with van der Waals surface area (Å²) >= 11 is 0. The van der Waals surface area contributed by atoms with Crippen LogP contribution in [0.4, 0.5) is 10.7 Å². The zero-order valence-electron chi connectivity index (χ0n) is 26.6. The van der Waals surface area contributed by atoms with Gasteiger partial charge in [-0.2, -0.15) is 0 Å². The highest BCUT2D eigenvalue weighted by molar-refractivity contribution is 5.92. The Labute approximate surface area is 265 Å². The molecule has 3 heterocycles. The summed E-state index contributed by atoms with van der Waals surface area (Å²) in [5.74, 6) is 2.00. The van der Waals surface area contributed by atoms with E-state index < -0.39 is 5.60 Å². The van der Waals surface area contributed by atoms with Crippen LogP contribution >= 0.6 is 0 Å². The highest BCUT2D eigenvalue weighted by atomic mass is 16.6. The van der Waals surface area contributed by atoms with Crippen LogP contribution in [-0.4, -0.2) is 61.9 Å². The largest absolute Gasteiger partial charge is 0.444 e. The fourth-order valence-electron chi connectivity index (χ4n) is 6.47. The lowest BCUT2D eigenvalue weighted by molar-refractivity contribution is 0.0206. The minimum atomic E-state index is -0.537. The molecule has 1 saturated carbocycles. The molecule has 6 rings (SSSR count). The van der Waals surface area contributed by atoms with Gasteiger partial charge in [-0.1, -0.05) is 36.8 Å². The molecular formula is C36H43N5O4. The topological polar surface area (TPSA) is 110 Å². The molecule has 1 unspecified atom stereocenters. The molecule has 3 atom stereocenters. The molecule has 2 aliphatic rings. The Balaban J connectivity index is 1.23. The number of aliphatic hydroxyl groups is 1. The molecule has 2 aromatic heterocycles. The molecule has 2 N–H and O–H groups in total. The Morgan fingerprint density at radius 3 is 2.67 bits per heavy atom. The number of hydrogen-bond donors (Lipinski definition) is 2. The molecule has 2 fully saturated rings. The molecule has 1 saturated heterocycles. The number of pyridine rings is 1. The summed E-state index contributed by atoms with van der Waals surface area (Å²) in [6.45, 7) is 8.86. The van der Waals surface area contributed by atoms with E-state index in [1.54, 1.807) is 17.3 Å². The van der Waals surface area contributed by atoms with Crippen molar-refractivity contribution in [3.63, 3.8) is 0 Å². The predicted octanol–water partition coefficient (Wildman–Crippen LogP) is 7.31. The van der Waals surface area contributed by atoms with Crippen molar-refractivity contribution in [2.45, 2.75) is 84.0 Å². The van der Waals surface area contributed by atoms with E-state index in [2.05, 4.69) is 45.6 Å². The number of benzene rings is 2. The van der Waals surface area contributed by atoms with Crippen molar-refractivity contribution in [3.05, 3.63) is 72.1 Å². The smallest absolute Gasteiger partial charge is 0.410 e. The number of anilines is 1. The third-order valence-electron chi connectivity index (χ3n) is 8.71. The minimum absolute atomic E-state index is 0.00371. The van der Waals surface area contributed by atoms with Gasteiger partial charge in [-0.15, -0.1) is 0 Å². The fraction of sp³-hybridized carbons (Fsp3) is 0.444. The zero-order chi connectivity index (χ0) is 31.6. The fourth-order valence-corrected chi connectivity index (χ4v) is 6.47. The number of rotatable bonds is 7. The van der Waals surface area contributed by atoms with Gasteiger partial charge in [-0.3, -0.25) is 0 Å². The van der Waals surface area contributed by atoms with E-state index in [1.807, 2.05) is 45.9 Å². The number of aryl methyl sites for hydroxylation is 1. The van der Waals surface area contributed by atoms with Crippen LogP contribution in [0.15, 0.2) is 60.9 Å². The number of fused-ring (bicyclic) bond motifs is 1. The van der Waals surface area contributed by atoms with Gasteiger partial charge in [0.2, 0.25) is 11.8 Å². The van der Waals surface area contributed by atoms with Crippen LogP contribution in [0.25, 0.3) is 22.0 Å². The molecule has 4 aromatic rings. The summed E-state index contributed by atoms with van der Waals surface area (Å²) in [6.07, 6.45) is 8.56. The van der Waals surface area contributed by atoms with Crippen LogP contribution in [0.1, 0.15) is 64.0 Å². The lowest BCUT2D eigenvalue weighted by Crippen LogP contribution is -2.47. The van der Waals surface area contributed by atoms with E-state index in [1.165, 1.54) is 5.56 Å². The van der Waals surface area contributed by atoms with Crippen molar-refractivity contribution in [2.24, 2.45) is 5.92 Å². The summed E-state index contributed by atoms with van der Waals surface area (Å²) in [5.41, 5.74) is 3.13. The van der Waals surface area contributed by atoms with E-state index in [4.69, 9.17) is 14.5 Å². The number of ether oxygens (including phenoxy) is 2. The number of hydrogen-bond acceptors (Lipinski definition) is 8. The second-order valence-corrected chi connectivity index (χ2v) is 13.3. The molecule has 1 aliphatic heterocycles. The lowest BCUT2D eigenvalue weighted by Gasteiger charge is -2.34. The zero-order valence-corrected chi connectivity index (χ0v) is 26.6. The summed E-state index contributed by atoms with van der Waals surface area (Å²) < 4.78 is 12.2. The second-order valence-electron chi connectivity index (χ2n) is 13.3. The maximum atomic E-state index is 12.7. The number of piperidine rings is 1. The van der Waals surface area contributed by atoms with E-state index in [0.717, 1.165) is 66.2 Å². The summed E-state index contributed by atoms with van der Waals surface area (Å²) in [6, 6.07) is 16.2. The van der Waals surface area contributed by atoms with Crippen LogP contribution in [0, 0.1) is 12.8 Å². The number of carbonyl (C=O) groups is 1. The second kappa shape index (κ2) is 13.0. The third kappa shape index (κ3) is 7.20. The molecule has 45 heavy (non-hydrogen) atoms. The van der Waals surface area contributed by atoms with Gasteiger partial charge < -0.3 is 24.8 Å². The SMILES string of the molecule is Cc1ccc2c(CC3CCC[C@H]3O)cccc2c1Oc1ncccc1-c1ccnc(N[C@H]2CCCN(C(=O)OC(C)(C)C)C2)n1. The van der Waals surface area contributed by atoms with Crippen LogP contribution in [0.5, 0.6) is 11.6 Å². The third-order valence-corrected chi connectivity index (χ3v) is 8.71. The number of nitrogens with one attached hydrogen (secondary N) is 1. The molecular weight excluding hydrogens is 566 g/mol. The van der Waals surface area contributed by atoms with E-state index in [9.17, 15) is 9.90 Å². The maximum absolute atomic E-state index is 12.7. The quantitative estimate of drug-likeness (QED) is 0.225. The standard InChI is InChI=1S/C36H43N5O4/c1-23-15-16-27-24(21-25-10-6-14-31(25)42)9-5-12-28(27)32(23)44-33-29(13-7-18-37-33)30-17-19-38-34(40-30)39-26-11-8-20-41(22-26)35(43)45-36(2,3)4/h5,7,9,12-13,15-19,25-26,31,42H,6,8,10-11,14,20-22H2,1-4H3,(H,38,39,40)/t25?,26-,31+/m0/s1. The van der Waals surface area contributed by atoms with Crippen molar-refractivity contribution >= 4 is 22.8 Å². The highest BCUT2D eigenvalue weighted by Crippen LogP contribution is 2.39. The molecule has 236 valence electrons. The Bertz CT molecular complexity index is 1670. The summed E-state index contributed by atoms with van der Waals surface area (Å²) in [7, 11) is 0.